The first-order valence-corrected chi connectivity index (χ1v) is 6.68. The van der Waals surface area contributed by atoms with E-state index < -0.39 is 5.60 Å². The van der Waals surface area contributed by atoms with Crippen molar-refractivity contribution in [2.75, 3.05) is 19.6 Å². The van der Waals surface area contributed by atoms with Crippen molar-refractivity contribution >= 4 is 6.09 Å². The molecule has 1 N–H and O–H groups in total. The van der Waals surface area contributed by atoms with E-state index in [0.29, 0.717) is 12.0 Å². The molecule has 4 nitrogen and oxygen atoms in total. The number of ether oxygens (including phenoxy) is 1. The molecule has 0 aromatic heterocycles. The van der Waals surface area contributed by atoms with Gasteiger partial charge in [0.25, 0.3) is 0 Å². The van der Waals surface area contributed by atoms with Crippen LogP contribution in [0.4, 0.5) is 4.79 Å². The molecule has 0 bridgehead atoms. The highest BCUT2D eigenvalue weighted by molar-refractivity contribution is 5.68. The lowest BCUT2D eigenvalue weighted by atomic mass is 9.78. The normalized spacial score (nSPS) is 26.5. The molecule has 2 rings (SSSR count). The molecule has 1 saturated heterocycles. The number of carbonyl (C=O) groups excluding carboxylic acids is 1. The first-order valence-electron chi connectivity index (χ1n) is 6.68. The highest BCUT2D eigenvalue weighted by atomic mass is 16.6. The second kappa shape index (κ2) is 4.84. The number of hydrogen-bond donors (Lipinski definition) is 1. The fourth-order valence-electron chi connectivity index (χ4n) is 2.52. The summed E-state index contributed by atoms with van der Waals surface area (Å²) in [6.07, 6.45) is 3.68. The number of carbonyl (C=O) groups is 1. The van der Waals surface area contributed by atoms with Gasteiger partial charge in [0.2, 0.25) is 0 Å². The predicted molar refractivity (Wildman–Crippen MR) is 66.9 cm³/mol. The molecular weight excluding hydrogens is 216 g/mol. The Morgan fingerprint density at radius 1 is 1.35 bits per heavy atom. The molecule has 0 aromatic carbocycles. The molecule has 1 atom stereocenters. The standard InChI is InChI=1S/C13H24N2O2/c1-13(2,3)17-12(16)15-8-7-14-9-11(15)10-5-4-6-10/h10-11,14H,4-9H2,1-3H3/t11-/m1/s1. The SMILES string of the molecule is CC(C)(C)OC(=O)N1CCNC[C@@H]1C1CCC1. The summed E-state index contributed by atoms with van der Waals surface area (Å²) < 4.78 is 5.49. The number of hydrogen-bond acceptors (Lipinski definition) is 3. The Morgan fingerprint density at radius 2 is 2.06 bits per heavy atom. The van der Waals surface area contributed by atoms with Crippen molar-refractivity contribution in [3.8, 4) is 0 Å². The lowest BCUT2D eigenvalue weighted by Gasteiger charge is -2.44. The molecule has 98 valence electrons. The summed E-state index contributed by atoms with van der Waals surface area (Å²) in [7, 11) is 0. The maximum atomic E-state index is 12.1. The van der Waals surface area contributed by atoms with Crippen LogP contribution in [0.5, 0.6) is 0 Å². The van der Waals surface area contributed by atoms with Gasteiger partial charge in [0.05, 0.1) is 6.04 Å². The minimum absolute atomic E-state index is 0.143. The maximum absolute atomic E-state index is 12.1. The van der Waals surface area contributed by atoms with Crippen LogP contribution in [0.15, 0.2) is 0 Å². The van der Waals surface area contributed by atoms with E-state index in [1.54, 1.807) is 0 Å². The predicted octanol–water partition coefficient (Wildman–Crippen LogP) is 2.00. The summed E-state index contributed by atoms with van der Waals surface area (Å²) in [5, 5.41) is 3.38. The highest BCUT2D eigenvalue weighted by Crippen LogP contribution is 2.33. The number of piperazine rings is 1. The first kappa shape index (κ1) is 12.7. The van der Waals surface area contributed by atoms with E-state index in [4.69, 9.17) is 4.74 Å². The van der Waals surface area contributed by atoms with Crippen molar-refractivity contribution in [3.05, 3.63) is 0 Å². The van der Waals surface area contributed by atoms with E-state index in [0.717, 1.165) is 19.6 Å². The number of nitrogens with zero attached hydrogens (tertiary/aromatic N) is 1. The Balaban J connectivity index is 1.97. The third kappa shape index (κ3) is 3.12. The van der Waals surface area contributed by atoms with Gasteiger partial charge in [-0.15, -0.1) is 0 Å². The van der Waals surface area contributed by atoms with E-state index in [2.05, 4.69) is 5.32 Å². The van der Waals surface area contributed by atoms with Crippen LogP contribution in [-0.4, -0.2) is 42.3 Å². The zero-order valence-electron chi connectivity index (χ0n) is 11.2. The molecule has 1 amide bonds. The van der Waals surface area contributed by atoms with E-state index >= 15 is 0 Å². The summed E-state index contributed by atoms with van der Waals surface area (Å²) in [5.74, 6) is 0.676. The Kier molecular flexibility index (Phi) is 3.61. The molecule has 17 heavy (non-hydrogen) atoms. The second-order valence-electron chi connectivity index (χ2n) is 6.14. The molecular formula is C13H24N2O2. The second-order valence-corrected chi connectivity index (χ2v) is 6.14. The topological polar surface area (TPSA) is 41.6 Å². The summed E-state index contributed by atoms with van der Waals surface area (Å²) in [5.41, 5.74) is -0.397. The summed E-state index contributed by atoms with van der Waals surface area (Å²) in [6.45, 7) is 8.34. The molecule has 0 radical (unpaired) electrons. The zero-order chi connectivity index (χ0) is 12.5. The van der Waals surface area contributed by atoms with Gasteiger partial charge < -0.3 is 15.0 Å². The van der Waals surface area contributed by atoms with Gasteiger partial charge in [-0.25, -0.2) is 4.79 Å². The molecule has 1 aliphatic carbocycles. The quantitative estimate of drug-likeness (QED) is 0.762. The van der Waals surface area contributed by atoms with Crippen LogP contribution >= 0.6 is 0 Å². The van der Waals surface area contributed by atoms with Gasteiger partial charge in [0.1, 0.15) is 5.60 Å². The Labute approximate surface area is 104 Å². The van der Waals surface area contributed by atoms with Gasteiger partial charge in [-0.3, -0.25) is 0 Å². The molecule has 2 fully saturated rings. The third-order valence-corrected chi connectivity index (χ3v) is 3.61. The fourth-order valence-corrected chi connectivity index (χ4v) is 2.52. The molecule has 2 aliphatic rings. The van der Waals surface area contributed by atoms with Crippen molar-refractivity contribution in [2.24, 2.45) is 5.92 Å². The number of nitrogens with one attached hydrogen (secondary N) is 1. The van der Waals surface area contributed by atoms with Crippen LogP contribution in [0.25, 0.3) is 0 Å². The smallest absolute Gasteiger partial charge is 0.410 e. The molecule has 0 unspecified atom stereocenters. The Morgan fingerprint density at radius 3 is 2.59 bits per heavy atom. The van der Waals surface area contributed by atoms with Gasteiger partial charge in [0, 0.05) is 19.6 Å². The average molecular weight is 240 g/mol. The van der Waals surface area contributed by atoms with E-state index in [9.17, 15) is 4.79 Å². The van der Waals surface area contributed by atoms with Crippen LogP contribution in [0, 0.1) is 5.92 Å². The van der Waals surface area contributed by atoms with Gasteiger partial charge >= 0.3 is 6.09 Å². The van der Waals surface area contributed by atoms with E-state index in [1.807, 2.05) is 25.7 Å². The number of amides is 1. The van der Waals surface area contributed by atoms with Crippen molar-refractivity contribution in [1.82, 2.24) is 10.2 Å². The van der Waals surface area contributed by atoms with Crippen molar-refractivity contribution < 1.29 is 9.53 Å². The lowest BCUT2D eigenvalue weighted by Crippen LogP contribution is -2.58. The van der Waals surface area contributed by atoms with Crippen molar-refractivity contribution in [1.29, 1.82) is 0 Å². The van der Waals surface area contributed by atoms with Crippen molar-refractivity contribution in [2.45, 2.75) is 51.7 Å². The molecule has 1 heterocycles. The van der Waals surface area contributed by atoms with Crippen LogP contribution in [0.2, 0.25) is 0 Å². The van der Waals surface area contributed by atoms with Crippen LogP contribution in [-0.2, 0) is 4.74 Å². The van der Waals surface area contributed by atoms with Crippen LogP contribution in [0.1, 0.15) is 40.0 Å². The van der Waals surface area contributed by atoms with Gasteiger partial charge in [-0.05, 0) is 39.5 Å². The Hall–Kier alpha value is -0.770. The molecule has 1 aliphatic heterocycles. The number of rotatable bonds is 1. The molecule has 1 saturated carbocycles. The minimum atomic E-state index is -0.397. The van der Waals surface area contributed by atoms with Crippen LogP contribution in [0.3, 0.4) is 0 Å². The minimum Gasteiger partial charge on any atom is -0.444 e. The maximum Gasteiger partial charge on any atom is 0.410 e. The lowest BCUT2D eigenvalue weighted by molar-refractivity contribution is -0.00245. The highest BCUT2D eigenvalue weighted by Gasteiger charge is 2.37. The fraction of sp³-hybridized carbons (Fsp3) is 0.923. The summed E-state index contributed by atoms with van der Waals surface area (Å²) >= 11 is 0. The third-order valence-electron chi connectivity index (χ3n) is 3.61. The largest absolute Gasteiger partial charge is 0.444 e. The Bertz CT molecular complexity index is 282. The molecule has 0 spiro atoms. The van der Waals surface area contributed by atoms with Crippen molar-refractivity contribution in [3.63, 3.8) is 0 Å². The monoisotopic (exact) mass is 240 g/mol. The van der Waals surface area contributed by atoms with Gasteiger partial charge in [-0.1, -0.05) is 6.42 Å². The molecule has 4 heteroatoms. The van der Waals surface area contributed by atoms with Gasteiger partial charge in [0.15, 0.2) is 0 Å². The summed E-state index contributed by atoms with van der Waals surface area (Å²) in [4.78, 5) is 14.1. The van der Waals surface area contributed by atoms with Gasteiger partial charge in [-0.2, -0.15) is 0 Å². The molecule has 0 aromatic rings. The zero-order valence-corrected chi connectivity index (χ0v) is 11.2. The van der Waals surface area contributed by atoms with Crippen LogP contribution < -0.4 is 5.32 Å². The average Bonchev–Trinajstić information content (AvgIpc) is 2.13. The van der Waals surface area contributed by atoms with E-state index in [1.165, 1.54) is 19.3 Å². The first-order chi connectivity index (χ1) is 7.97. The van der Waals surface area contributed by atoms with E-state index in [-0.39, 0.29) is 6.09 Å². The summed E-state index contributed by atoms with van der Waals surface area (Å²) in [6, 6.07) is 0.340.